The van der Waals surface area contributed by atoms with Gasteiger partial charge < -0.3 is 16.4 Å². The van der Waals surface area contributed by atoms with Crippen molar-refractivity contribution in [1.29, 1.82) is 0 Å². The Morgan fingerprint density at radius 3 is 2.76 bits per heavy atom. The first kappa shape index (κ1) is 26.6. The molecule has 7 heteroatoms. The average Bonchev–Trinajstić information content (AvgIpc) is 3.09. The fraction of sp³-hybridized carbons (Fsp3) is 0.773. The number of carboxylic acids is 1. The zero-order chi connectivity index (χ0) is 20.9. The summed E-state index contributed by atoms with van der Waals surface area (Å²) >= 11 is 0. The second-order valence-corrected chi connectivity index (χ2v) is 8.53. The molecule has 2 unspecified atom stereocenters. The van der Waals surface area contributed by atoms with Crippen molar-refractivity contribution >= 4 is 5.97 Å². The van der Waals surface area contributed by atoms with Crippen LogP contribution in [0.25, 0.3) is 0 Å². The number of aliphatic hydroxyl groups is 1. The molecule has 0 amide bonds. The number of unbranched alkanes of at least 4 members (excludes halogenated alkanes) is 2. The van der Waals surface area contributed by atoms with E-state index in [1.807, 2.05) is 13.8 Å². The SMILES string of the molecule is CCCCC(C)(F)[C@H](O)/C=C/[C@@H]1[C@H]2C(F)/C(=C/CCCC(=O)O)O[C@H]2C[C@H]1C.[H-].[Na+]. The van der Waals surface area contributed by atoms with Crippen LogP contribution in [0.5, 0.6) is 0 Å². The fourth-order valence-electron chi connectivity index (χ4n) is 4.33. The molecule has 29 heavy (non-hydrogen) atoms. The second-order valence-electron chi connectivity index (χ2n) is 8.53. The minimum absolute atomic E-state index is 0. The minimum atomic E-state index is -1.69. The third-order valence-electron chi connectivity index (χ3n) is 6.12. The Kier molecular flexibility index (Phi) is 10.8. The van der Waals surface area contributed by atoms with Crippen LogP contribution in [0.4, 0.5) is 8.78 Å². The molecular formula is C22H35F2NaO4. The van der Waals surface area contributed by atoms with E-state index in [4.69, 9.17) is 9.84 Å². The van der Waals surface area contributed by atoms with E-state index in [1.165, 1.54) is 13.0 Å². The van der Waals surface area contributed by atoms with Crippen molar-refractivity contribution in [2.75, 3.05) is 0 Å². The number of rotatable bonds is 10. The molecule has 0 spiro atoms. The molecule has 0 aromatic carbocycles. The molecule has 0 aromatic rings. The molecule has 1 aliphatic heterocycles. The van der Waals surface area contributed by atoms with E-state index in [0.29, 0.717) is 37.9 Å². The van der Waals surface area contributed by atoms with E-state index in [0.717, 1.165) is 6.42 Å². The molecule has 162 valence electrons. The van der Waals surface area contributed by atoms with Crippen molar-refractivity contribution in [2.45, 2.75) is 89.8 Å². The van der Waals surface area contributed by atoms with Gasteiger partial charge in [0.1, 0.15) is 23.6 Å². The van der Waals surface area contributed by atoms with Crippen LogP contribution in [0.2, 0.25) is 0 Å². The van der Waals surface area contributed by atoms with Crippen LogP contribution in [0.1, 0.15) is 67.1 Å². The number of halogens is 2. The first-order chi connectivity index (χ1) is 13.2. The second kappa shape index (κ2) is 11.8. The Labute approximate surface area is 196 Å². The monoisotopic (exact) mass is 424 g/mol. The van der Waals surface area contributed by atoms with E-state index >= 15 is 0 Å². The molecule has 2 fully saturated rings. The van der Waals surface area contributed by atoms with E-state index in [1.54, 1.807) is 12.2 Å². The topological polar surface area (TPSA) is 66.8 Å². The van der Waals surface area contributed by atoms with Gasteiger partial charge in [-0.1, -0.05) is 38.8 Å². The van der Waals surface area contributed by atoms with Crippen molar-refractivity contribution < 1.29 is 59.5 Å². The Morgan fingerprint density at radius 2 is 2.14 bits per heavy atom. The molecule has 1 aliphatic carbocycles. The van der Waals surface area contributed by atoms with Crippen LogP contribution in [-0.2, 0) is 9.53 Å². The quantitative estimate of drug-likeness (QED) is 0.320. The maximum atomic E-state index is 15.0. The van der Waals surface area contributed by atoms with E-state index in [-0.39, 0.29) is 61.3 Å². The predicted octanol–water partition coefficient (Wildman–Crippen LogP) is 2.09. The third-order valence-corrected chi connectivity index (χ3v) is 6.12. The molecule has 4 nitrogen and oxygen atoms in total. The first-order valence-electron chi connectivity index (χ1n) is 10.4. The summed E-state index contributed by atoms with van der Waals surface area (Å²) in [5.41, 5.74) is -1.69. The molecule has 2 aliphatic rings. The molecule has 2 N–H and O–H groups in total. The molecule has 7 atom stereocenters. The Balaban J connectivity index is 0.00000420. The minimum Gasteiger partial charge on any atom is -1.00 e. The maximum absolute atomic E-state index is 15.0. The van der Waals surface area contributed by atoms with Gasteiger partial charge in [-0.3, -0.25) is 4.79 Å². The maximum Gasteiger partial charge on any atom is 1.00 e. The summed E-state index contributed by atoms with van der Waals surface area (Å²) in [7, 11) is 0. The van der Waals surface area contributed by atoms with Crippen LogP contribution < -0.4 is 29.6 Å². The van der Waals surface area contributed by atoms with E-state index < -0.39 is 23.9 Å². The van der Waals surface area contributed by atoms with Crippen LogP contribution in [-0.4, -0.2) is 40.2 Å². The van der Waals surface area contributed by atoms with Gasteiger partial charge in [0.2, 0.25) is 0 Å². The average molecular weight is 425 g/mol. The number of aliphatic hydroxyl groups excluding tert-OH is 1. The zero-order valence-corrected chi connectivity index (χ0v) is 20.1. The third kappa shape index (κ3) is 7.05. The number of hydrogen-bond acceptors (Lipinski definition) is 3. The van der Waals surface area contributed by atoms with Crippen molar-refractivity contribution in [2.24, 2.45) is 17.8 Å². The summed E-state index contributed by atoms with van der Waals surface area (Å²) in [6.07, 6.45) is 5.78. The number of allylic oxidation sites excluding steroid dienone is 3. The number of aliphatic carboxylic acids is 1. The van der Waals surface area contributed by atoms with Crippen molar-refractivity contribution in [3.05, 3.63) is 24.0 Å². The molecule has 2 rings (SSSR count). The van der Waals surface area contributed by atoms with Gasteiger partial charge in [0.25, 0.3) is 0 Å². The molecule has 0 radical (unpaired) electrons. The number of carbonyl (C=O) groups is 1. The molecule has 1 saturated heterocycles. The molecule has 1 saturated carbocycles. The van der Waals surface area contributed by atoms with Crippen molar-refractivity contribution in [3.63, 3.8) is 0 Å². The van der Waals surface area contributed by atoms with E-state index in [9.17, 15) is 18.7 Å². The summed E-state index contributed by atoms with van der Waals surface area (Å²) in [6.45, 7) is 5.41. The van der Waals surface area contributed by atoms with Crippen molar-refractivity contribution in [1.82, 2.24) is 0 Å². The Bertz CT molecular complexity index is 600. The summed E-state index contributed by atoms with van der Waals surface area (Å²) < 4.78 is 35.4. The largest absolute Gasteiger partial charge is 1.00 e. The van der Waals surface area contributed by atoms with Crippen LogP contribution in [0, 0.1) is 17.8 Å². The van der Waals surface area contributed by atoms with Gasteiger partial charge in [0.05, 0.1) is 0 Å². The van der Waals surface area contributed by atoms with Crippen molar-refractivity contribution in [3.8, 4) is 0 Å². The van der Waals surface area contributed by atoms with Gasteiger partial charge in [0.15, 0.2) is 6.17 Å². The standard InChI is InChI=1S/C22H34F2O4.Na.H/c1-4-5-12-22(3,24)18(25)11-10-15-14(2)13-17-20(15)21(23)16(28-17)8-6-7-9-19(26)27;;/h8,10-11,14-15,17-18,20-21,25H,4-7,9,12-13H2,1-3H3,(H,26,27);;/q;+1;-1/b11-10+,16-8-;;/t14-,15+,17+,18-,20-,21?,22?;;/m1../s1. The molecule has 0 aromatic heterocycles. The van der Waals surface area contributed by atoms with Gasteiger partial charge in [-0.15, -0.1) is 0 Å². The van der Waals surface area contributed by atoms with Crippen LogP contribution >= 0.6 is 0 Å². The number of hydrogen-bond donors (Lipinski definition) is 2. The van der Waals surface area contributed by atoms with Crippen LogP contribution in [0.3, 0.4) is 0 Å². The Hall–Kier alpha value is -0.430. The number of alkyl halides is 2. The van der Waals surface area contributed by atoms with E-state index in [2.05, 4.69) is 0 Å². The van der Waals surface area contributed by atoms with Gasteiger partial charge in [-0.2, -0.15) is 0 Å². The fourth-order valence-corrected chi connectivity index (χ4v) is 4.33. The molecular weight excluding hydrogens is 389 g/mol. The summed E-state index contributed by atoms with van der Waals surface area (Å²) in [4.78, 5) is 10.6. The number of carboxylic acid groups (broad SMARTS) is 1. The van der Waals surface area contributed by atoms with Gasteiger partial charge in [0, 0.05) is 12.3 Å². The summed E-state index contributed by atoms with van der Waals surface area (Å²) in [5.74, 6) is -0.848. The number of ether oxygens (including phenoxy) is 1. The molecule has 1 heterocycles. The molecule has 0 bridgehead atoms. The Morgan fingerprint density at radius 1 is 1.45 bits per heavy atom. The number of fused-ring (bicyclic) bond motifs is 1. The summed E-state index contributed by atoms with van der Waals surface area (Å²) in [5, 5.41) is 18.9. The van der Waals surface area contributed by atoms with Gasteiger partial charge in [-0.25, -0.2) is 8.78 Å². The predicted molar refractivity (Wildman–Crippen MR) is 105 cm³/mol. The zero-order valence-electron chi connectivity index (χ0n) is 19.1. The first-order valence-corrected chi connectivity index (χ1v) is 10.4. The summed E-state index contributed by atoms with van der Waals surface area (Å²) in [6, 6.07) is 0. The van der Waals surface area contributed by atoms with Crippen LogP contribution in [0.15, 0.2) is 24.0 Å². The van der Waals surface area contributed by atoms with Gasteiger partial charge >= 0.3 is 35.5 Å². The van der Waals surface area contributed by atoms with Gasteiger partial charge in [-0.05, 0) is 50.5 Å². The normalized spacial score (nSPS) is 33.2. The smallest absolute Gasteiger partial charge is 1.00 e.